The van der Waals surface area contributed by atoms with Crippen molar-refractivity contribution in [1.29, 1.82) is 0 Å². The molecule has 0 saturated carbocycles. The van der Waals surface area contributed by atoms with Crippen molar-refractivity contribution in [3.05, 3.63) is 29.5 Å². The average molecular weight is 274 g/mol. The van der Waals surface area contributed by atoms with E-state index < -0.39 is 0 Å². The van der Waals surface area contributed by atoms with Crippen LogP contribution < -0.4 is 10.1 Å². The van der Waals surface area contributed by atoms with Crippen LogP contribution in [0.1, 0.15) is 32.0 Å². The molecule has 110 valence electrons. The lowest BCUT2D eigenvalue weighted by Gasteiger charge is -2.20. The van der Waals surface area contributed by atoms with Crippen LogP contribution in [0.4, 0.5) is 0 Å². The number of rotatable bonds is 4. The predicted molar refractivity (Wildman–Crippen MR) is 85.7 cm³/mol. The van der Waals surface area contributed by atoms with Gasteiger partial charge in [-0.2, -0.15) is 0 Å². The first-order chi connectivity index (χ1) is 9.35. The Kier molecular flexibility index (Phi) is 4.09. The Hall–Kier alpha value is -1.48. The van der Waals surface area contributed by atoms with Crippen molar-refractivity contribution in [2.24, 2.45) is 7.05 Å². The number of hydrogen-bond acceptors (Lipinski definition) is 2. The van der Waals surface area contributed by atoms with Gasteiger partial charge < -0.3 is 14.6 Å². The minimum absolute atomic E-state index is 0.163. The molecule has 0 atom stereocenters. The Labute approximate surface area is 121 Å². The summed E-state index contributed by atoms with van der Waals surface area (Å²) in [6.45, 7) is 9.77. The first-order valence-corrected chi connectivity index (χ1v) is 7.21. The molecule has 0 spiro atoms. The minimum Gasteiger partial charge on any atom is -0.495 e. The molecular weight excluding hydrogens is 248 g/mol. The third-order valence-corrected chi connectivity index (χ3v) is 3.85. The van der Waals surface area contributed by atoms with Crippen LogP contribution in [-0.2, 0) is 13.5 Å². The van der Waals surface area contributed by atoms with E-state index in [9.17, 15) is 0 Å². The molecule has 0 unspecified atom stereocenters. The van der Waals surface area contributed by atoms with Crippen LogP contribution in [0, 0.1) is 6.92 Å². The monoisotopic (exact) mass is 274 g/mol. The molecule has 1 aromatic heterocycles. The number of aromatic nitrogens is 1. The number of fused-ring (bicyclic) bond motifs is 1. The number of hydrogen-bond donors (Lipinski definition) is 1. The summed E-state index contributed by atoms with van der Waals surface area (Å²) in [6, 6.07) is 6.29. The highest BCUT2D eigenvalue weighted by atomic mass is 16.5. The van der Waals surface area contributed by atoms with Crippen molar-refractivity contribution in [1.82, 2.24) is 9.88 Å². The molecule has 0 fully saturated rings. The van der Waals surface area contributed by atoms with Crippen LogP contribution >= 0.6 is 0 Å². The number of methoxy groups -OCH3 is 1. The van der Waals surface area contributed by atoms with Crippen LogP contribution in [0.5, 0.6) is 5.75 Å². The summed E-state index contributed by atoms with van der Waals surface area (Å²) in [5, 5.41) is 4.87. The van der Waals surface area contributed by atoms with Gasteiger partial charge in [-0.3, -0.25) is 0 Å². The summed E-state index contributed by atoms with van der Waals surface area (Å²) in [5.74, 6) is 0.947. The second-order valence-corrected chi connectivity index (χ2v) is 6.41. The highest BCUT2D eigenvalue weighted by Crippen LogP contribution is 2.32. The fourth-order valence-corrected chi connectivity index (χ4v) is 2.72. The van der Waals surface area contributed by atoms with E-state index in [0.717, 1.165) is 18.7 Å². The van der Waals surface area contributed by atoms with Gasteiger partial charge in [-0.25, -0.2) is 0 Å². The maximum atomic E-state index is 5.50. The van der Waals surface area contributed by atoms with E-state index in [0.29, 0.717) is 0 Å². The standard InChI is InChI=1S/C17H26N2O/c1-12-13(10-11-18-17(2,3)4)14-8-7-9-15(20-6)16(14)19(12)5/h7-9,18H,10-11H2,1-6H3. The Morgan fingerprint density at radius 1 is 1.25 bits per heavy atom. The topological polar surface area (TPSA) is 26.2 Å². The fourth-order valence-electron chi connectivity index (χ4n) is 2.72. The Morgan fingerprint density at radius 3 is 2.55 bits per heavy atom. The summed E-state index contributed by atoms with van der Waals surface area (Å²) in [6.07, 6.45) is 1.04. The Bertz CT molecular complexity index is 605. The second-order valence-electron chi connectivity index (χ2n) is 6.41. The smallest absolute Gasteiger partial charge is 0.143 e. The highest BCUT2D eigenvalue weighted by Gasteiger charge is 2.16. The number of aryl methyl sites for hydroxylation is 1. The molecule has 0 aliphatic heterocycles. The molecule has 0 bridgehead atoms. The zero-order valence-electron chi connectivity index (χ0n) is 13.5. The summed E-state index contributed by atoms with van der Waals surface area (Å²) < 4.78 is 7.74. The number of benzene rings is 1. The Morgan fingerprint density at radius 2 is 1.95 bits per heavy atom. The lowest BCUT2D eigenvalue weighted by atomic mass is 10.1. The molecule has 2 aromatic rings. The molecule has 1 N–H and O–H groups in total. The lowest BCUT2D eigenvalue weighted by Crippen LogP contribution is -2.37. The van der Waals surface area contributed by atoms with Gasteiger partial charge in [0.2, 0.25) is 0 Å². The van der Waals surface area contributed by atoms with Gasteiger partial charge in [-0.1, -0.05) is 12.1 Å². The largest absolute Gasteiger partial charge is 0.495 e. The molecule has 0 radical (unpaired) electrons. The zero-order valence-corrected chi connectivity index (χ0v) is 13.5. The van der Waals surface area contributed by atoms with E-state index in [4.69, 9.17) is 4.74 Å². The summed E-state index contributed by atoms with van der Waals surface area (Å²) in [7, 11) is 3.85. The number of para-hydroxylation sites is 1. The molecule has 0 aliphatic rings. The van der Waals surface area contributed by atoms with E-state index in [1.54, 1.807) is 7.11 Å². The molecule has 3 heteroatoms. The highest BCUT2D eigenvalue weighted by molar-refractivity contribution is 5.90. The minimum atomic E-state index is 0.163. The van der Waals surface area contributed by atoms with E-state index >= 15 is 0 Å². The van der Waals surface area contributed by atoms with Gasteiger partial charge in [0, 0.05) is 23.7 Å². The van der Waals surface area contributed by atoms with Crippen molar-refractivity contribution in [2.45, 2.75) is 39.7 Å². The van der Waals surface area contributed by atoms with Gasteiger partial charge in [0.15, 0.2) is 0 Å². The predicted octanol–water partition coefficient (Wildman–Crippen LogP) is 3.43. The molecule has 0 saturated heterocycles. The van der Waals surface area contributed by atoms with E-state index in [2.05, 4.69) is 56.8 Å². The van der Waals surface area contributed by atoms with Crippen LogP contribution in [-0.4, -0.2) is 23.8 Å². The van der Waals surface area contributed by atoms with Gasteiger partial charge in [0.05, 0.1) is 12.6 Å². The molecule has 3 nitrogen and oxygen atoms in total. The molecule has 1 aromatic carbocycles. The fraction of sp³-hybridized carbons (Fsp3) is 0.529. The van der Waals surface area contributed by atoms with Crippen LogP contribution in [0.15, 0.2) is 18.2 Å². The summed E-state index contributed by atoms with van der Waals surface area (Å²) in [5.41, 5.74) is 4.09. The maximum absolute atomic E-state index is 5.50. The van der Waals surface area contributed by atoms with Gasteiger partial charge >= 0.3 is 0 Å². The van der Waals surface area contributed by atoms with Crippen LogP contribution in [0.25, 0.3) is 10.9 Å². The van der Waals surface area contributed by atoms with Gasteiger partial charge in [-0.15, -0.1) is 0 Å². The van der Waals surface area contributed by atoms with Gasteiger partial charge in [0.25, 0.3) is 0 Å². The zero-order chi connectivity index (χ0) is 14.9. The number of ether oxygens (including phenoxy) is 1. The van der Waals surface area contributed by atoms with E-state index in [1.165, 1.54) is 22.2 Å². The molecule has 20 heavy (non-hydrogen) atoms. The molecule has 0 aliphatic carbocycles. The lowest BCUT2D eigenvalue weighted by molar-refractivity contribution is 0.418. The van der Waals surface area contributed by atoms with E-state index in [-0.39, 0.29) is 5.54 Å². The summed E-state index contributed by atoms with van der Waals surface area (Å²) >= 11 is 0. The molecule has 0 amide bonds. The Balaban J connectivity index is 2.36. The number of nitrogens with zero attached hydrogens (tertiary/aromatic N) is 1. The van der Waals surface area contributed by atoms with Crippen molar-refractivity contribution in [3.63, 3.8) is 0 Å². The normalized spacial score (nSPS) is 12.1. The van der Waals surface area contributed by atoms with Crippen LogP contribution in [0.2, 0.25) is 0 Å². The van der Waals surface area contributed by atoms with Crippen molar-refractivity contribution < 1.29 is 4.74 Å². The average Bonchev–Trinajstić information content (AvgIpc) is 2.62. The van der Waals surface area contributed by atoms with Gasteiger partial charge in [-0.05, 0) is 52.3 Å². The quantitative estimate of drug-likeness (QED) is 0.924. The molecule has 2 rings (SSSR count). The van der Waals surface area contributed by atoms with Crippen LogP contribution in [0.3, 0.4) is 0 Å². The second kappa shape index (κ2) is 5.49. The summed E-state index contributed by atoms with van der Waals surface area (Å²) in [4.78, 5) is 0. The first-order valence-electron chi connectivity index (χ1n) is 7.21. The van der Waals surface area contributed by atoms with Crippen molar-refractivity contribution in [2.75, 3.05) is 13.7 Å². The third kappa shape index (κ3) is 2.83. The molecule has 1 heterocycles. The number of nitrogens with one attached hydrogen (secondary N) is 1. The third-order valence-electron chi connectivity index (χ3n) is 3.85. The van der Waals surface area contributed by atoms with Gasteiger partial charge in [0.1, 0.15) is 5.75 Å². The maximum Gasteiger partial charge on any atom is 0.143 e. The van der Waals surface area contributed by atoms with Crippen molar-refractivity contribution in [3.8, 4) is 5.75 Å². The molecular formula is C17H26N2O. The SMILES string of the molecule is COc1cccc2c(CCNC(C)(C)C)c(C)n(C)c12. The van der Waals surface area contributed by atoms with Crippen molar-refractivity contribution >= 4 is 10.9 Å². The van der Waals surface area contributed by atoms with E-state index in [1.807, 2.05) is 6.07 Å². The first kappa shape index (κ1) is 14.9.